The summed E-state index contributed by atoms with van der Waals surface area (Å²) in [7, 11) is 1.22. The number of nitrogens with two attached hydrogens (primary N) is 1. The van der Waals surface area contributed by atoms with Gasteiger partial charge in [-0.2, -0.15) is 0 Å². The van der Waals surface area contributed by atoms with Gasteiger partial charge in [-0.15, -0.1) is 0 Å². The molecule has 0 aliphatic rings. The number of amides is 1. The minimum atomic E-state index is -0.938. The number of esters is 1. The maximum absolute atomic E-state index is 12.3. The molecule has 0 radical (unpaired) electrons. The van der Waals surface area contributed by atoms with E-state index in [0.717, 1.165) is 0 Å². The lowest BCUT2D eigenvalue weighted by Gasteiger charge is -2.17. The third-order valence-electron chi connectivity index (χ3n) is 2.86. The van der Waals surface area contributed by atoms with Crippen LogP contribution in [0.25, 0.3) is 0 Å². The first kappa shape index (κ1) is 17.8. The highest BCUT2D eigenvalue weighted by molar-refractivity contribution is 5.98. The minimum Gasteiger partial charge on any atom is -0.467 e. The zero-order valence-electron chi connectivity index (χ0n) is 13.0. The molecule has 0 saturated heterocycles. The predicted octanol–water partition coefficient (Wildman–Crippen LogP) is -0.926. The first-order valence-corrected chi connectivity index (χ1v) is 6.68. The fourth-order valence-corrected chi connectivity index (χ4v) is 1.88. The largest absolute Gasteiger partial charge is 0.467 e. The average molecular weight is 311 g/mol. The number of hydrogen-bond acceptors (Lipinski definition) is 8. The maximum atomic E-state index is 12.3. The SMILES string of the molecule is COC(=O)[C@H](CN)NC(=O)c1c(C)nc(NC(C)O)nc1C. The van der Waals surface area contributed by atoms with Crippen molar-refractivity contribution in [3.05, 3.63) is 17.0 Å². The molecule has 0 aliphatic carbocycles. The molecule has 0 saturated carbocycles. The van der Waals surface area contributed by atoms with Crippen LogP contribution in [0.5, 0.6) is 0 Å². The average Bonchev–Trinajstić information content (AvgIpc) is 2.42. The van der Waals surface area contributed by atoms with Crippen LogP contribution in [0.15, 0.2) is 0 Å². The van der Waals surface area contributed by atoms with Gasteiger partial charge in [0.2, 0.25) is 5.95 Å². The highest BCUT2D eigenvalue weighted by atomic mass is 16.5. The number of nitrogens with one attached hydrogen (secondary N) is 2. The zero-order chi connectivity index (χ0) is 16.9. The van der Waals surface area contributed by atoms with E-state index in [1.54, 1.807) is 13.8 Å². The summed E-state index contributed by atoms with van der Waals surface area (Å²) in [5, 5.41) is 14.4. The van der Waals surface area contributed by atoms with Gasteiger partial charge in [0.15, 0.2) is 0 Å². The van der Waals surface area contributed by atoms with E-state index in [1.807, 2.05) is 0 Å². The topological polar surface area (TPSA) is 139 Å². The smallest absolute Gasteiger partial charge is 0.329 e. The molecule has 0 spiro atoms. The van der Waals surface area contributed by atoms with E-state index in [-0.39, 0.29) is 18.1 Å². The monoisotopic (exact) mass is 311 g/mol. The fraction of sp³-hybridized carbons (Fsp3) is 0.538. The van der Waals surface area contributed by atoms with Crippen molar-refractivity contribution in [2.24, 2.45) is 5.73 Å². The van der Waals surface area contributed by atoms with Crippen molar-refractivity contribution in [2.75, 3.05) is 19.0 Å². The van der Waals surface area contributed by atoms with Crippen LogP contribution < -0.4 is 16.4 Å². The third-order valence-corrected chi connectivity index (χ3v) is 2.86. The number of aryl methyl sites for hydroxylation is 2. The summed E-state index contributed by atoms with van der Waals surface area (Å²) in [6.07, 6.45) is -0.820. The van der Waals surface area contributed by atoms with Crippen LogP contribution in [-0.4, -0.2) is 52.9 Å². The van der Waals surface area contributed by atoms with Crippen molar-refractivity contribution in [3.8, 4) is 0 Å². The van der Waals surface area contributed by atoms with Gasteiger partial charge in [-0.05, 0) is 20.8 Å². The molecule has 0 bridgehead atoms. The highest BCUT2D eigenvalue weighted by Gasteiger charge is 2.23. The van der Waals surface area contributed by atoms with Crippen LogP contribution in [-0.2, 0) is 9.53 Å². The Morgan fingerprint density at radius 1 is 1.32 bits per heavy atom. The van der Waals surface area contributed by atoms with Crippen molar-refractivity contribution < 1.29 is 19.4 Å². The number of hydrogen-bond donors (Lipinski definition) is 4. The van der Waals surface area contributed by atoms with Crippen molar-refractivity contribution in [1.82, 2.24) is 15.3 Å². The molecule has 1 aromatic rings. The number of carbonyl (C=O) groups is 2. The number of aliphatic hydroxyl groups is 1. The molecule has 1 unspecified atom stereocenters. The predicted molar refractivity (Wildman–Crippen MR) is 79.1 cm³/mol. The van der Waals surface area contributed by atoms with Crippen LogP contribution in [0.3, 0.4) is 0 Å². The lowest BCUT2D eigenvalue weighted by Crippen LogP contribution is -2.46. The van der Waals surface area contributed by atoms with Crippen molar-refractivity contribution in [1.29, 1.82) is 0 Å². The van der Waals surface area contributed by atoms with Crippen LogP contribution >= 0.6 is 0 Å². The standard InChI is InChI=1S/C13H21N5O4/c1-6-10(7(2)16-13(15-6)17-8(3)19)11(20)18-9(5-14)12(21)22-4/h8-9,19H,5,14H2,1-4H3,(H,18,20)(H,15,16,17)/t8?,9-/m0/s1. The second-order valence-electron chi connectivity index (χ2n) is 4.70. The number of aliphatic hydroxyl groups excluding tert-OH is 1. The molecule has 22 heavy (non-hydrogen) atoms. The molecule has 1 heterocycles. The summed E-state index contributed by atoms with van der Waals surface area (Å²) in [5.74, 6) is -0.927. The Kier molecular flexibility index (Phi) is 6.20. The van der Waals surface area contributed by atoms with E-state index >= 15 is 0 Å². The van der Waals surface area contributed by atoms with E-state index in [9.17, 15) is 14.7 Å². The molecular formula is C13H21N5O4. The van der Waals surface area contributed by atoms with Gasteiger partial charge in [0.1, 0.15) is 12.3 Å². The Balaban J connectivity index is 3.01. The van der Waals surface area contributed by atoms with E-state index in [4.69, 9.17) is 5.73 Å². The van der Waals surface area contributed by atoms with Gasteiger partial charge in [-0.3, -0.25) is 4.79 Å². The molecule has 1 amide bonds. The van der Waals surface area contributed by atoms with Gasteiger partial charge < -0.3 is 26.2 Å². The molecule has 5 N–H and O–H groups in total. The van der Waals surface area contributed by atoms with Gasteiger partial charge in [0.25, 0.3) is 5.91 Å². The third kappa shape index (κ3) is 4.37. The van der Waals surface area contributed by atoms with Gasteiger partial charge in [-0.25, -0.2) is 14.8 Å². The highest BCUT2D eigenvalue weighted by Crippen LogP contribution is 2.13. The molecular weight excluding hydrogens is 290 g/mol. The molecule has 9 heteroatoms. The summed E-state index contributed by atoms with van der Waals surface area (Å²) < 4.78 is 4.56. The number of aromatic nitrogens is 2. The van der Waals surface area contributed by atoms with E-state index in [2.05, 4.69) is 25.3 Å². The summed E-state index contributed by atoms with van der Waals surface area (Å²) in [6.45, 7) is 4.70. The quantitative estimate of drug-likeness (QED) is 0.390. The van der Waals surface area contributed by atoms with Gasteiger partial charge in [0.05, 0.1) is 24.1 Å². The molecule has 122 valence electrons. The lowest BCUT2D eigenvalue weighted by molar-refractivity contribution is -0.142. The number of nitrogens with zero attached hydrogens (tertiary/aromatic N) is 2. The van der Waals surface area contributed by atoms with Crippen molar-refractivity contribution in [3.63, 3.8) is 0 Å². The number of methoxy groups -OCH3 is 1. The molecule has 0 aliphatic heterocycles. The lowest BCUT2D eigenvalue weighted by atomic mass is 10.1. The number of anilines is 1. The Morgan fingerprint density at radius 2 is 1.86 bits per heavy atom. The first-order chi connectivity index (χ1) is 10.3. The van der Waals surface area contributed by atoms with Crippen molar-refractivity contribution >= 4 is 17.8 Å². The number of rotatable bonds is 6. The number of ether oxygens (including phenoxy) is 1. The van der Waals surface area contributed by atoms with Crippen LogP contribution in [0.1, 0.15) is 28.7 Å². The fourth-order valence-electron chi connectivity index (χ4n) is 1.88. The first-order valence-electron chi connectivity index (χ1n) is 6.68. The Bertz CT molecular complexity index is 538. The van der Waals surface area contributed by atoms with E-state index in [0.29, 0.717) is 11.4 Å². The van der Waals surface area contributed by atoms with Gasteiger partial charge in [0, 0.05) is 6.54 Å². The van der Waals surface area contributed by atoms with E-state index < -0.39 is 24.1 Å². The second-order valence-corrected chi connectivity index (χ2v) is 4.70. The maximum Gasteiger partial charge on any atom is 0.329 e. The molecule has 0 aromatic carbocycles. The Labute approximate surface area is 128 Å². The summed E-state index contributed by atoms with van der Waals surface area (Å²) in [6, 6.07) is -0.938. The zero-order valence-corrected chi connectivity index (χ0v) is 13.0. The van der Waals surface area contributed by atoms with E-state index in [1.165, 1.54) is 14.0 Å². The van der Waals surface area contributed by atoms with Crippen LogP contribution in [0, 0.1) is 13.8 Å². The van der Waals surface area contributed by atoms with Crippen molar-refractivity contribution in [2.45, 2.75) is 33.0 Å². The Morgan fingerprint density at radius 3 is 2.27 bits per heavy atom. The molecule has 2 atom stereocenters. The molecule has 0 fully saturated rings. The Hall–Kier alpha value is -2.26. The molecule has 1 aromatic heterocycles. The summed E-state index contributed by atoms with van der Waals surface area (Å²) in [4.78, 5) is 32.0. The van der Waals surface area contributed by atoms with Gasteiger partial charge in [-0.1, -0.05) is 0 Å². The van der Waals surface area contributed by atoms with Crippen LogP contribution in [0.4, 0.5) is 5.95 Å². The second kappa shape index (κ2) is 7.66. The number of carbonyl (C=O) groups excluding carboxylic acids is 2. The normalized spacial score (nSPS) is 13.2. The summed E-state index contributed by atoms with van der Waals surface area (Å²) >= 11 is 0. The summed E-state index contributed by atoms with van der Waals surface area (Å²) in [5.41, 5.74) is 6.52. The molecule has 9 nitrogen and oxygen atoms in total. The van der Waals surface area contributed by atoms with Gasteiger partial charge >= 0.3 is 5.97 Å². The van der Waals surface area contributed by atoms with Crippen LogP contribution in [0.2, 0.25) is 0 Å². The molecule has 1 rings (SSSR count). The minimum absolute atomic E-state index is 0.0843.